The lowest BCUT2D eigenvalue weighted by atomic mass is 10.2. The van der Waals surface area contributed by atoms with E-state index in [2.05, 4.69) is 47.7 Å². The number of ether oxygens (including phenoxy) is 1. The normalized spacial score (nSPS) is 10.8. The van der Waals surface area contributed by atoms with Gasteiger partial charge in [-0.25, -0.2) is 5.43 Å². The van der Waals surface area contributed by atoms with Crippen molar-refractivity contribution in [3.63, 3.8) is 0 Å². The molecule has 3 N–H and O–H groups in total. The highest BCUT2D eigenvalue weighted by molar-refractivity contribution is 9.13. The van der Waals surface area contributed by atoms with Gasteiger partial charge in [-0.2, -0.15) is 5.10 Å². The summed E-state index contributed by atoms with van der Waals surface area (Å²) >= 11 is 6.66. The zero-order chi connectivity index (χ0) is 19.1. The molecule has 0 saturated heterocycles. The van der Waals surface area contributed by atoms with Crippen molar-refractivity contribution in [2.24, 2.45) is 5.10 Å². The molecular formula is C18H19Br2N3O3. The van der Waals surface area contributed by atoms with Crippen LogP contribution in [0.25, 0.3) is 0 Å². The summed E-state index contributed by atoms with van der Waals surface area (Å²) in [6, 6.07) is 9.38. The molecule has 8 heteroatoms. The monoisotopic (exact) mass is 483 g/mol. The van der Waals surface area contributed by atoms with Gasteiger partial charge in [-0.1, -0.05) is 17.7 Å². The van der Waals surface area contributed by atoms with Gasteiger partial charge in [0.1, 0.15) is 0 Å². The van der Waals surface area contributed by atoms with Crippen molar-refractivity contribution in [3.8, 4) is 11.5 Å². The number of anilines is 1. The van der Waals surface area contributed by atoms with E-state index < -0.39 is 0 Å². The molecule has 0 atom stereocenters. The lowest BCUT2D eigenvalue weighted by Gasteiger charge is -2.11. The fourth-order valence-corrected chi connectivity index (χ4v) is 2.87. The van der Waals surface area contributed by atoms with Crippen LogP contribution in [0.2, 0.25) is 0 Å². The number of halogens is 2. The number of carbonyl (C=O) groups is 1. The van der Waals surface area contributed by atoms with E-state index >= 15 is 0 Å². The Balaban J connectivity index is 1.96. The Morgan fingerprint density at radius 2 is 1.96 bits per heavy atom. The summed E-state index contributed by atoms with van der Waals surface area (Å²) in [6.07, 6.45) is 1.47. The summed E-state index contributed by atoms with van der Waals surface area (Å²) < 4.78 is 6.44. The Labute approximate surface area is 168 Å². The minimum atomic E-state index is -0.277. The Morgan fingerprint density at radius 1 is 1.27 bits per heavy atom. The molecule has 0 aliphatic heterocycles. The van der Waals surface area contributed by atoms with Crippen molar-refractivity contribution >= 4 is 49.7 Å². The topological polar surface area (TPSA) is 83.0 Å². The minimum Gasteiger partial charge on any atom is -0.503 e. The highest BCUT2D eigenvalue weighted by Gasteiger charge is 2.14. The zero-order valence-corrected chi connectivity index (χ0v) is 17.5. The standard InChI is InChI=1S/C18H19Br2N3O3/c1-3-26-14-8-12(16(19)17(20)18(14)25)9-22-23-15(24)10-21-13-6-4-11(2)5-7-13/h4-9,21,25H,3,10H2,1-2H3,(H,23,24). The van der Waals surface area contributed by atoms with Gasteiger partial charge >= 0.3 is 0 Å². The summed E-state index contributed by atoms with van der Waals surface area (Å²) in [6.45, 7) is 4.34. The average molecular weight is 485 g/mol. The maximum Gasteiger partial charge on any atom is 0.259 e. The fourth-order valence-electron chi connectivity index (χ4n) is 2.04. The highest BCUT2D eigenvalue weighted by atomic mass is 79.9. The summed E-state index contributed by atoms with van der Waals surface area (Å²) in [5, 5.41) is 17.0. The number of nitrogens with one attached hydrogen (secondary N) is 2. The molecule has 26 heavy (non-hydrogen) atoms. The van der Waals surface area contributed by atoms with E-state index in [1.807, 2.05) is 38.1 Å². The van der Waals surface area contributed by atoms with Crippen molar-refractivity contribution in [3.05, 3.63) is 50.4 Å². The van der Waals surface area contributed by atoms with Crippen LogP contribution in [0.1, 0.15) is 18.1 Å². The molecule has 138 valence electrons. The molecule has 0 radical (unpaired) electrons. The first-order valence-electron chi connectivity index (χ1n) is 7.88. The molecule has 0 aromatic heterocycles. The van der Waals surface area contributed by atoms with Crippen molar-refractivity contribution in [1.29, 1.82) is 0 Å². The van der Waals surface area contributed by atoms with Crippen LogP contribution in [0.3, 0.4) is 0 Å². The number of aromatic hydroxyl groups is 1. The third-order valence-electron chi connectivity index (χ3n) is 3.37. The molecule has 0 aliphatic rings. The van der Waals surface area contributed by atoms with Crippen LogP contribution >= 0.6 is 31.9 Å². The number of hydrogen-bond acceptors (Lipinski definition) is 5. The molecule has 0 spiro atoms. The van der Waals surface area contributed by atoms with Gasteiger partial charge in [0.25, 0.3) is 5.91 Å². The summed E-state index contributed by atoms with van der Waals surface area (Å²) in [5.41, 5.74) is 5.11. The van der Waals surface area contributed by atoms with E-state index in [4.69, 9.17) is 4.74 Å². The van der Waals surface area contributed by atoms with Gasteiger partial charge in [-0.05, 0) is 63.9 Å². The average Bonchev–Trinajstić information content (AvgIpc) is 2.63. The van der Waals surface area contributed by atoms with Crippen molar-refractivity contribution < 1.29 is 14.6 Å². The number of benzene rings is 2. The molecular weight excluding hydrogens is 466 g/mol. The van der Waals surface area contributed by atoms with Gasteiger partial charge in [-0.3, -0.25) is 4.79 Å². The Hall–Kier alpha value is -2.06. The number of hydrogen-bond donors (Lipinski definition) is 3. The number of nitrogens with zero attached hydrogens (tertiary/aromatic N) is 1. The number of hydrazone groups is 1. The second kappa shape index (κ2) is 9.59. The number of amides is 1. The van der Waals surface area contributed by atoms with Gasteiger partial charge in [0.05, 0.1) is 23.8 Å². The number of phenolic OH excluding ortho intramolecular Hbond substituents is 1. The maximum absolute atomic E-state index is 11.9. The quantitative estimate of drug-likeness (QED) is 0.406. The fraction of sp³-hybridized carbons (Fsp3) is 0.222. The molecule has 1 amide bonds. The van der Waals surface area contributed by atoms with E-state index in [1.165, 1.54) is 6.21 Å². The summed E-state index contributed by atoms with van der Waals surface area (Å²) in [7, 11) is 0. The predicted octanol–water partition coefficient (Wildman–Crippen LogP) is 4.19. The van der Waals surface area contributed by atoms with Crippen LogP contribution in [-0.4, -0.2) is 30.4 Å². The van der Waals surface area contributed by atoms with Gasteiger partial charge in [0, 0.05) is 15.7 Å². The Kier molecular flexibility index (Phi) is 7.47. The highest BCUT2D eigenvalue weighted by Crippen LogP contribution is 2.41. The molecule has 2 rings (SSSR count). The first-order valence-corrected chi connectivity index (χ1v) is 9.47. The SMILES string of the molecule is CCOc1cc(C=NNC(=O)CNc2ccc(C)cc2)c(Br)c(Br)c1O. The van der Waals surface area contributed by atoms with Gasteiger partial charge in [0.2, 0.25) is 0 Å². The Morgan fingerprint density at radius 3 is 2.62 bits per heavy atom. The molecule has 0 aliphatic carbocycles. The van der Waals surface area contributed by atoms with Crippen molar-refractivity contribution in [2.75, 3.05) is 18.5 Å². The molecule has 0 saturated carbocycles. The van der Waals surface area contributed by atoms with Crippen LogP contribution in [0, 0.1) is 6.92 Å². The van der Waals surface area contributed by atoms with E-state index in [0.717, 1.165) is 11.3 Å². The van der Waals surface area contributed by atoms with E-state index in [-0.39, 0.29) is 18.2 Å². The summed E-state index contributed by atoms with van der Waals surface area (Å²) in [5.74, 6) is 0.0550. The largest absolute Gasteiger partial charge is 0.503 e. The number of phenols is 1. The molecule has 0 fully saturated rings. The predicted molar refractivity (Wildman–Crippen MR) is 110 cm³/mol. The van der Waals surface area contributed by atoms with E-state index in [0.29, 0.717) is 26.9 Å². The van der Waals surface area contributed by atoms with Gasteiger partial charge in [-0.15, -0.1) is 0 Å². The van der Waals surface area contributed by atoms with Crippen LogP contribution in [0.4, 0.5) is 5.69 Å². The van der Waals surface area contributed by atoms with Crippen molar-refractivity contribution in [2.45, 2.75) is 13.8 Å². The van der Waals surface area contributed by atoms with Gasteiger partial charge < -0.3 is 15.2 Å². The molecule has 0 bridgehead atoms. The third kappa shape index (κ3) is 5.47. The molecule has 6 nitrogen and oxygen atoms in total. The molecule has 2 aromatic carbocycles. The van der Waals surface area contributed by atoms with Crippen molar-refractivity contribution in [1.82, 2.24) is 5.43 Å². The second-order valence-electron chi connectivity index (χ2n) is 5.39. The Bertz CT molecular complexity index is 808. The molecule has 2 aromatic rings. The molecule has 0 heterocycles. The van der Waals surface area contributed by atoms with E-state index in [1.54, 1.807) is 6.07 Å². The van der Waals surface area contributed by atoms with Crippen LogP contribution in [-0.2, 0) is 4.79 Å². The summed E-state index contributed by atoms with van der Waals surface area (Å²) in [4.78, 5) is 11.9. The number of rotatable bonds is 7. The number of carbonyl (C=O) groups excluding carboxylic acids is 1. The first kappa shape index (κ1) is 20.3. The number of aryl methyl sites for hydroxylation is 1. The zero-order valence-electron chi connectivity index (χ0n) is 14.3. The van der Waals surface area contributed by atoms with Crippen LogP contribution < -0.4 is 15.5 Å². The third-order valence-corrected chi connectivity index (χ3v) is 5.53. The van der Waals surface area contributed by atoms with E-state index in [9.17, 15) is 9.90 Å². The van der Waals surface area contributed by atoms with Crippen LogP contribution in [0.5, 0.6) is 11.5 Å². The second-order valence-corrected chi connectivity index (χ2v) is 6.97. The van der Waals surface area contributed by atoms with Crippen LogP contribution in [0.15, 0.2) is 44.4 Å². The lowest BCUT2D eigenvalue weighted by Crippen LogP contribution is -2.25. The lowest BCUT2D eigenvalue weighted by molar-refractivity contribution is -0.119. The molecule has 0 unspecified atom stereocenters. The smallest absolute Gasteiger partial charge is 0.259 e. The first-order chi connectivity index (χ1) is 12.4. The maximum atomic E-state index is 11.9. The minimum absolute atomic E-state index is 0.00204. The van der Waals surface area contributed by atoms with Gasteiger partial charge in [0.15, 0.2) is 11.5 Å².